The highest BCUT2D eigenvalue weighted by molar-refractivity contribution is 7.98. The van der Waals surface area contributed by atoms with Crippen LogP contribution in [0.5, 0.6) is 0 Å². The number of hydrogen-bond acceptors (Lipinski definition) is 7. The molecule has 0 spiro atoms. The van der Waals surface area contributed by atoms with Crippen molar-refractivity contribution in [2.24, 2.45) is 5.92 Å². The van der Waals surface area contributed by atoms with Gasteiger partial charge in [-0.1, -0.05) is 51.6 Å². The number of rotatable bonds is 9. The zero-order chi connectivity index (χ0) is 26.1. The molecule has 11 heteroatoms. The lowest BCUT2D eigenvalue weighted by molar-refractivity contribution is 0.0244. The molecular formula is C24H41ClFN5O3S. The fourth-order valence-electron chi connectivity index (χ4n) is 3.12. The van der Waals surface area contributed by atoms with Crippen LogP contribution in [-0.2, 0) is 11.2 Å². The second-order valence-corrected chi connectivity index (χ2v) is 9.78. The number of nitrogens with one attached hydrogen (secondary N) is 2. The quantitative estimate of drug-likeness (QED) is 0.248. The fourth-order valence-corrected chi connectivity index (χ4v) is 3.69. The predicted octanol–water partition coefficient (Wildman–Crippen LogP) is 5.52. The van der Waals surface area contributed by atoms with Gasteiger partial charge in [-0.15, -0.1) is 0 Å². The number of ether oxygens (including phenoxy) is 1. The Balaban J connectivity index is 0.00000375. The summed E-state index contributed by atoms with van der Waals surface area (Å²) in [6.07, 6.45) is 2.38. The lowest BCUT2D eigenvalue weighted by Crippen LogP contribution is -2.41. The first kappa shape index (κ1) is 33.1. The maximum Gasteiger partial charge on any atom is 0.410 e. The van der Waals surface area contributed by atoms with E-state index in [1.54, 1.807) is 11.2 Å². The molecule has 0 aliphatic carbocycles. The molecule has 2 aromatic heterocycles. The summed E-state index contributed by atoms with van der Waals surface area (Å²) in [6, 6.07) is 0. The van der Waals surface area contributed by atoms with Crippen molar-refractivity contribution in [2.45, 2.75) is 72.6 Å². The Kier molecular flexibility index (Phi) is 14.4. The second-order valence-electron chi connectivity index (χ2n) is 8.63. The highest BCUT2D eigenvalue weighted by atomic mass is 35.5. The lowest BCUT2D eigenvalue weighted by atomic mass is 9.99. The molecule has 1 atom stereocenters. The number of likely N-dealkylation sites (N-methyl/N-ethyl adjacent to an activating group) is 1. The minimum Gasteiger partial charge on any atom is -0.444 e. The molecule has 1 unspecified atom stereocenters. The smallest absolute Gasteiger partial charge is 0.410 e. The molecule has 0 aromatic carbocycles. The van der Waals surface area contributed by atoms with Gasteiger partial charge in [0.05, 0.1) is 11.1 Å². The Labute approximate surface area is 217 Å². The third kappa shape index (κ3) is 9.93. The molecule has 0 bridgehead atoms. The van der Waals surface area contributed by atoms with Crippen LogP contribution in [-0.4, -0.2) is 64.5 Å². The maximum atomic E-state index is 14.5. The third-order valence-corrected chi connectivity index (χ3v) is 5.55. The van der Waals surface area contributed by atoms with E-state index in [-0.39, 0.29) is 35.5 Å². The minimum atomic E-state index is -0.803. The van der Waals surface area contributed by atoms with Gasteiger partial charge in [-0.05, 0) is 52.8 Å². The molecule has 0 saturated heterocycles. The number of amides is 1. The second kappa shape index (κ2) is 15.3. The molecule has 8 nitrogen and oxygen atoms in total. The van der Waals surface area contributed by atoms with Crippen LogP contribution in [0.4, 0.5) is 9.18 Å². The average molecular weight is 534 g/mol. The van der Waals surface area contributed by atoms with E-state index >= 15 is 0 Å². The highest BCUT2D eigenvalue weighted by Gasteiger charge is 2.23. The number of carbonyl (C=O) groups excluding carboxylic acids is 1. The van der Waals surface area contributed by atoms with E-state index in [0.29, 0.717) is 43.3 Å². The van der Waals surface area contributed by atoms with Crippen LogP contribution in [0.25, 0.3) is 10.9 Å². The standard InChI is InChI=1S/C21H31ClFN5O3S.C2H6.CH4/c1-12(7-9-28(10-8-24-5)20(30)31-21(2,3)4)11-13-14-16(15(23)17(22)25-13)26-19(32-6)27-18(14)29;1-2;/h12,24H,7-11H2,1-6H3,(H,26,27,29);1-2H3;1H4. The van der Waals surface area contributed by atoms with Gasteiger partial charge in [0.2, 0.25) is 0 Å². The first-order chi connectivity index (χ1) is 16.0. The van der Waals surface area contributed by atoms with E-state index in [9.17, 15) is 14.0 Å². The largest absolute Gasteiger partial charge is 0.444 e. The first-order valence-corrected chi connectivity index (χ1v) is 13.0. The molecule has 0 saturated carbocycles. The first-order valence-electron chi connectivity index (χ1n) is 11.4. The number of H-pyrrole nitrogens is 1. The fraction of sp³-hybridized carbons (Fsp3) is 0.667. The number of hydrogen-bond donors (Lipinski definition) is 2. The number of fused-ring (bicyclic) bond motifs is 1. The van der Waals surface area contributed by atoms with Crippen molar-refractivity contribution in [3.05, 3.63) is 27.0 Å². The van der Waals surface area contributed by atoms with Crippen molar-refractivity contribution in [1.29, 1.82) is 0 Å². The highest BCUT2D eigenvalue weighted by Crippen LogP contribution is 2.25. The summed E-state index contributed by atoms with van der Waals surface area (Å²) in [6.45, 7) is 13.1. The number of thioether (sulfide) groups is 1. The van der Waals surface area contributed by atoms with Crippen LogP contribution in [0.15, 0.2) is 9.95 Å². The summed E-state index contributed by atoms with van der Waals surface area (Å²) in [5.41, 5.74) is -0.726. The Morgan fingerprint density at radius 3 is 2.46 bits per heavy atom. The van der Waals surface area contributed by atoms with Crippen LogP contribution in [0, 0.1) is 11.7 Å². The van der Waals surface area contributed by atoms with Gasteiger partial charge in [-0.25, -0.2) is 19.2 Å². The Morgan fingerprint density at radius 1 is 1.29 bits per heavy atom. The molecule has 2 N–H and O–H groups in total. The molecule has 2 rings (SSSR count). The Morgan fingerprint density at radius 2 is 1.91 bits per heavy atom. The predicted molar refractivity (Wildman–Crippen MR) is 144 cm³/mol. The molecule has 2 aromatic rings. The van der Waals surface area contributed by atoms with Gasteiger partial charge >= 0.3 is 6.09 Å². The van der Waals surface area contributed by atoms with Crippen molar-refractivity contribution >= 4 is 40.4 Å². The summed E-state index contributed by atoms with van der Waals surface area (Å²) in [7, 11) is 1.82. The van der Waals surface area contributed by atoms with Gasteiger partial charge in [0, 0.05) is 19.6 Å². The van der Waals surface area contributed by atoms with Gasteiger partial charge in [-0.3, -0.25) is 4.79 Å². The molecule has 35 heavy (non-hydrogen) atoms. The molecule has 0 fully saturated rings. The summed E-state index contributed by atoms with van der Waals surface area (Å²) in [5.74, 6) is -0.769. The van der Waals surface area contributed by atoms with E-state index < -0.39 is 17.0 Å². The number of pyridine rings is 1. The molecule has 0 aliphatic heterocycles. The van der Waals surface area contributed by atoms with Gasteiger partial charge in [-0.2, -0.15) is 0 Å². The molecule has 200 valence electrons. The molecular weight excluding hydrogens is 493 g/mol. The molecule has 1 amide bonds. The van der Waals surface area contributed by atoms with Crippen molar-refractivity contribution in [2.75, 3.05) is 32.9 Å². The lowest BCUT2D eigenvalue weighted by Gasteiger charge is -2.28. The number of nitrogens with zero attached hydrogens (tertiary/aromatic N) is 3. The SMILES string of the molecule is C.CC.CNCCN(CCC(C)Cc1nc(Cl)c(F)c2nc(SC)[nH]c(=O)c12)C(=O)OC(C)(C)C. The van der Waals surface area contributed by atoms with Crippen molar-refractivity contribution in [3.63, 3.8) is 0 Å². The van der Waals surface area contributed by atoms with Crippen molar-refractivity contribution in [3.8, 4) is 0 Å². The zero-order valence-corrected chi connectivity index (χ0v) is 22.9. The minimum absolute atomic E-state index is 0. The van der Waals surface area contributed by atoms with Crippen LogP contribution < -0.4 is 10.9 Å². The number of aromatic nitrogens is 3. The maximum absolute atomic E-state index is 14.5. The van der Waals surface area contributed by atoms with Crippen molar-refractivity contribution in [1.82, 2.24) is 25.2 Å². The number of carbonyl (C=O) groups is 1. The Bertz CT molecular complexity index is 1010. The van der Waals surface area contributed by atoms with Crippen LogP contribution in [0.3, 0.4) is 0 Å². The van der Waals surface area contributed by atoms with Gasteiger partial charge in [0.15, 0.2) is 16.1 Å². The van der Waals surface area contributed by atoms with Crippen LogP contribution in [0.1, 0.15) is 61.1 Å². The monoisotopic (exact) mass is 533 g/mol. The van der Waals surface area contributed by atoms with E-state index in [4.69, 9.17) is 16.3 Å². The molecule has 2 heterocycles. The number of halogens is 2. The van der Waals surface area contributed by atoms with Gasteiger partial charge < -0.3 is 19.9 Å². The number of aromatic amines is 1. The molecule has 0 aliphatic rings. The summed E-state index contributed by atoms with van der Waals surface area (Å²) in [5, 5.41) is 3.14. The van der Waals surface area contributed by atoms with E-state index in [0.717, 1.165) is 0 Å². The van der Waals surface area contributed by atoms with E-state index in [2.05, 4.69) is 20.3 Å². The van der Waals surface area contributed by atoms with Crippen LogP contribution in [0.2, 0.25) is 5.15 Å². The topological polar surface area (TPSA) is 100 Å². The summed E-state index contributed by atoms with van der Waals surface area (Å²) >= 11 is 7.20. The van der Waals surface area contributed by atoms with Crippen LogP contribution >= 0.6 is 23.4 Å². The third-order valence-electron chi connectivity index (χ3n) is 4.72. The van der Waals surface area contributed by atoms with Gasteiger partial charge in [0.1, 0.15) is 11.1 Å². The summed E-state index contributed by atoms with van der Waals surface area (Å²) in [4.78, 5) is 37.7. The average Bonchev–Trinajstić information content (AvgIpc) is 2.76. The summed E-state index contributed by atoms with van der Waals surface area (Å²) < 4.78 is 20.0. The Hall–Kier alpha value is -1.91. The normalized spacial score (nSPS) is 11.8. The zero-order valence-electron chi connectivity index (χ0n) is 21.3. The van der Waals surface area contributed by atoms with E-state index in [1.807, 2.05) is 48.6 Å². The molecule has 0 radical (unpaired) electrons. The van der Waals surface area contributed by atoms with Gasteiger partial charge in [0.25, 0.3) is 5.56 Å². The van der Waals surface area contributed by atoms with E-state index in [1.165, 1.54) is 11.8 Å². The van der Waals surface area contributed by atoms with Crippen molar-refractivity contribution < 1.29 is 13.9 Å².